The van der Waals surface area contributed by atoms with Gasteiger partial charge in [-0.05, 0) is 26.0 Å². The number of para-hydroxylation sites is 1. The van der Waals surface area contributed by atoms with Gasteiger partial charge in [-0.1, -0.05) is 29.8 Å². The van der Waals surface area contributed by atoms with E-state index in [1.807, 2.05) is 38.1 Å². The third-order valence-corrected chi connectivity index (χ3v) is 3.16. The number of carbonyl (C=O) groups excluding carboxylic acids is 1. The fourth-order valence-electron chi connectivity index (χ4n) is 1.88. The predicted molar refractivity (Wildman–Crippen MR) is 80.2 cm³/mol. The first-order valence-electron chi connectivity index (χ1n) is 6.55. The molecule has 0 aliphatic rings. The van der Waals surface area contributed by atoms with E-state index in [0.29, 0.717) is 29.4 Å². The maximum atomic E-state index is 12.1. The Morgan fingerprint density at radius 2 is 2.20 bits per heavy atom. The Balaban J connectivity index is 2.18. The van der Waals surface area contributed by atoms with Crippen molar-refractivity contribution in [3.05, 3.63) is 41.0 Å². The summed E-state index contributed by atoms with van der Waals surface area (Å²) in [6.07, 6.45) is 0. The van der Waals surface area contributed by atoms with Gasteiger partial charge in [0, 0.05) is 18.0 Å². The molecule has 106 valence electrons. The molecule has 1 atom stereocenters. The van der Waals surface area contributed by atoms with Crippen LogP contribution in [-0.2, 0) is 4.74 Å². The minimum absolute atomic E-state index is 0.0745. The standard InChI is InChI=1S/C15H17ClN2O2/c1-3-20-9-10(2)17-15(19)14-8-12(16)11-6-4-5-7-13(11)18-14/h4-8,10H,3,9H2,1-2H3,(H,17,19). The molecule has 1 amide bonds. The molecule has 0 saturated heterocycles. The second-order valence-corrected chi connectivity index (χ2v) is 4.95. The van der Waals surface area contributed by atoms with Gasteiger partial charge in [-0.2, -0.15) is 0 Å². The summed E-state index contributed by atoms with van der Waals surface area (Å²) in [5, 5.41) is 4.20. The van der Waals surface area contributed by atoms with E-state index >= 15 is 0 Å². The molecule has 1 aromatic carbocycles. The number of rotatable bonds is 5. The molecule has 2 aromatic rings. The van der Waals surface area contributed by atoms with Crippen molar-refractivity contribution in [2.75, 3.05) is 13.2 Å². The quantitative estimate of drug-likeness (QED) is 0.921. The van der Waals surface area contributed by atoms with Crippen molar-refractivity contribution in [3.8, 4) is 0 Å². The number of carbonyl (C=O) groups is 1. The molecular weight excluding hydrogens is 276 g/mol. The molecular formula is C15H17ClN2O2. The number of aromatic nitrogens is 1. The minimum Gasteiger partial charge on any atom is -0.380 e. The zero-order valence-electron chi connectivity index (χ0n) is 11.5. The number of ether oxygens (including phenoxy) is 1. The van der Waals surface area contributed by atoms with Gasteiger partial charge in [-0.25, -0.2) is 4.98 Å². The summed E-state index contributed by atoms with van der Waals surface area (Å²) in [6.45, 7) is 4.90. The Bertz CT molecular complexity index is 616. The van der Waals surface area contributed by atoms with E-state index in [-0.39, 0.29) is 11.9 Å². The Morgan fingerprint density at radius 1 is 1.45 bits per heavy atom. The topological polar surface area (TPSA) is 51.2 Å². The number of benzene rings is 1. The van der Waals surface area contributed by atoms with E-state index in [2.05, 4.69) is 10.3 Å². The van der Waals surface area contributed by atoms with Gasteiger partial charge in [0.15, 0.2) is 0 Å². The number of hydrogen-bond donors (Lipinski definition) is 1. The molecule has 1 aromatic heterocycles. The number of fused-ring (bicyclic) bond motifs is 1. The Kier molecular flexibility index (Phi) is 4.93. The lowest BCUT2D eigenvalue weighted by Gasteiger charge is -2.13. The summed E-state index contributed by atoms with van der Waals surface area (Å²) in [5.41, 5.74) is 1.03. The SMILES string of the molecule is CCOCC(C)NC(=O)c1cc(Cl)c2ccccc2n1. The van der Waals surface area contributed by atoms with Crippen LogP contribution in [0, 0.1) is 0 Å². The number of halogens is 1. The summed E-state index contributed by atoms with van der Waals surface area (Å²) >= 11 is 6.18. The van der Waals surface area contributed by atoms with Crippen LogP contribution in [0.5, 0.6) is 0 Å². The summed E-state index contributed by atoms with van der Waals surface area (Å²) < 4.78 is 5.26. The maximum absolute atomic E-state index is 12.1. The molecule has 0 spiro atoms. The van der Waals surface area contributed by atoms with Gasteiger partial charge < -0.3 is 10.1 Å². The molecule has 1 N–H and O–H groups in total. The van der Waals surface area contributed by atoms with Crippen molar-refractivity contribution in [2.24, 2.45) is 0 Å². The maximum Gasteiger partial charge on any atom is 0.270 e. The van der Waals surface area contributed by atoms with Crippen LogP contribution in [0.3, 0.4) is 0 Å². The number of nitrogens with one attached hydrogen (secondary N) is 1. The highest BCUT2D eigenvalue weighted by Crippen LogP contribution is 2.22. The fourth-order valence-corrected chi connectivity index (χ4v) is 2.15. The highest BCUT2D eigenvalue weighted by molar-refractivity contribution is 6.35. The highest BCUT2D eigenvalue weighted by atomic mass is 35.5. The number of hydrogen-bond acceptors (Lipinski definition) is 3. The third kappa shape index (κ3) is 3.46. The van der Waals surface area contributed by atoms with Crippen molar-refractivity contribution in [1.82, 2.24) is 10.3 Å². The largest absolute Gasteiger partial charge is 0.380 e. The van der Waals surface area contributed by atoms with Crippen LogP contribution in [0.2, 0.25) is 5.02 Å². The lowest BCUT2D eigenvalue weighted by Crippen LogP contribution is -2.36. The van der Waals surface area contributed by atoms with E-state index in [9.17, 15) is 4.79 Å². The normalized spacial score (nSPS) is 12.3. The van der Waals surface area contributed by atoms with Gasteiger partial charge in [0.05, 0.1) is 17.1 Å². The first kappa shape index (κ1) is 14.8. The molecule has 0 aliphatic heterocycles. The Hall–Kier alpha value is -1.65. The van der Waals surface area contributed by atoms with Crippen LogP contribution in [0.25, 0.3) is 10.9 Å². The molecule has 1 unspecified atom stereocenters. The fraction of sp³-hybridized carbons (Fsp3) is 0.333. The van der Waals surface area contributed by atoms with Crippen molar-refractivity contribution in [1.29, 1.82) is 0 Å². The first-order valence-corrected chi connectivity index (χ1v) is 6.93. The van der Waals surface area contributed by atoms with Gasteiger partial charge in [0.25, 0.3) is 5.91 Å². The average Bonchev–Trinajstić information content (AvgIpc) is 2.45. The molecule has 2 rings (SSSR count). The molecule has 0 aliphatic carbocycles. The lowest BCUT2D eigenvalue weighted by atomic mass is 10.2. The van der Waals surface area contributed by atoms with E-state index in [1.165, 1.54) is 0 Å². The Labute approximate surface area is 123 Å². The zero-order chi connectivity index (χ0) is 14.5. The molecule has 4 nitrogen and oxygen atoms in total. The highest BCUT2D eigenvalue weighted by Gasteiger charge is 2.13. The average molecular weight is 293 g/mol. The molecule has 0 saturated carbocycles. The smallest absolute Gasteiger partial charge is 0.270 e. The van der Waals surface area contributed by atoms with Crippen LogP contribution in [0.1, 0.15) is 24.3 Å². The molecule has 5 heteroatoms. The van der Waals surface area contributed by atoms with Gasteiger partial charge in [0.1, 0.15) is 5.69 Å². The Morgan fingerprint density at radius 3 is 2.95 bits per heavy atom. The van der Waals surface area contributed by atoms with Gasteiger partial charge in [0.2, 0.25) is 0 Å². The predicted octanol–water partition coefficient (Wildman–Crippen LogP) is 3.04. The second-order valence-electron chi connectivity index (χ2n) is 4.54. The van der Waals surface area contributed by atoms with E-state index in [4.69, 9.17) is 16.3 Å². The van der Waals surface area contributed by atoms with Crippen molar-refractivity contribution in [3.63, 3.8) is 0 Å². The van der Waals surface area contributed by atoms with Crippen LogP contribution in [-0.4, -0.2) is 30.1 Å². The van der Waals surface area contributed by atoms with Crippen molar-refractivity contribution in [2.45, 2.75) is 19.9 Å². The van der Waals surface area contributed by atoms with E-state index in [1.54, 1.807) is 6.07 Å². The number of pyridine rings is 1. The van der Waals surface area contributed by atoms with E-state index in [0.717, 1.165) is 5.39 Å². The molecule has 20 heavy (non-hydrogen) atoms. The van der Waals surface area contributed by atoms with Gasteiger partial charge in [-0.3, -0.25) is 4.79 Å². The lowest BCUT2D eigenvalue weighted by molar-refractivity contribution is 0.0867. The number of nitrogens with zero attached hydrogens (tertiary/aromatic N) is 1. The molecule has 1 heterocycles. The van der Waals surface area contributed by atoms with Gasteiger partial charge >= 0.3 is 0 Å². The van der Waals surface area contributed by atoms with Crippen LogP contribution < -0.4 is 5.32 Å². The summed E-state index contributed by atoms with van der Waals surface area (Å²) in [4.78, 5) is 16.5. The van der Waals surface area contributed by atoms with Crippen LogP contribution >= 0.6 is 11.6 Å². The van der Waals surface area contributed by atoms with Crippen molar-refractivity contribution < 1.29 is 9.53 Å². The second kappa shape index (κ2) is 6.68. The molecule has 0 bridgehead atoms. The zero-order valence-corrected chi connectivity index (χ0v) is 12.3. The van der Waals surface area contributed by atoms with Gasteiger partial charge in [-0.15, -0.1) is 0 Å². The minimum atomic E-state index is -0.246. The van der Waals surface area contributed by atoms with Crippen LogP contribution in [0.15, 0.2) is 30.3 Å². The summed E-state index contributed by atoms with van der Waals surface area (Å²) in [6, 6.07) is 8.98. The van der Waals surface area contributed by atoms with Crippen molar-refractivity contribution >= 4 is 28.4 Å². The monoisotopic (exact) mass is 292 g/mol. The number of amides is 1. The van der Waals surface area contributed by atoms with E-state index < -0.39 is 0 Å². The molecule has 0 fully saturated rings. The summed E-state index contributed by atoms with van der Waals surface area (Å²) in [5.74, 6) is -0.246. The molecule has 0 radical (unpaired) electrons. The van der Waals surface area contributed by atoms with Crippen LogP contribution in [0.4, 0.5) is 0 Å². The third-order valence-electron chi connectivity index (χ3n) is 2.85. The summed E-state index contributed by atoms with van der Waals surface area (Å²) in [7, 11) is 0. The first-order chi connectivity index (χ1) is 9.61.